The number of rotatable bonds is 9. The average molecular weight is 378 g/mol. The molecule has 1 heterocycles. The van der Waals surface area contributed by atoms with Crippen LogP contribution >= 0.6 is 0 Å². The molecule has 0 radical (unpaired) electrons. The summed E-state index contributed by atoms with van der Waals surface area (Å²) in [6, 6.07) is 15.3. The summed E-state index contributed by atoms with van der Waals surface area (Å²) in [6.07, 6.45) is 4.56. The quantitative estimate of drug-likeness (QED) is 0.561. The largest absolute Gasteiger partial charge is 0.493 e. The van der Waals surface area contributed by atoms with Crippen LogP contribution in [0.4, 0.5) is 0 Å². The summed E-state index contributed by atoms with van der Waals surface area (Å²) in [6.45, 7) is 3.28. The van der Waals surface area contributed by atoms with E-state index in [1.807, 2.05) is 30.3 Å². The first-order chi connectivity index (χ1) is 13.7. The van der Waals surface area contributed by atoms with Crippen molar-refractivity contribution in [1.82, 2.24) is 10.3 Å². The summed E-state index contributed by atoms with van der Waals surface area (Å²) in [5, 5.41) is 4.08. The lowest BCUT2D eigenvalue weighted by Crippen LogP contribution is -2.25. The van der Waals surface area contributed by atoms with Crippen LogP contribution in [0.3, 0.4) is 0 Å². The topological polar surface area (TPSA) is 60.5 Å². The van der Waals surface area contributed by atoms with Gasteiger partial charge in [-0.2, -0.15) is 0 Å². The molecule has 28 heavy (non-hydrogen) atoms. The van der Waals surface area contributed by atoms with Gasteiger partial charge in [-0.05, 0) is 42.7 Å². The highest BCUT2D eigenvalue weighted by Gasteiger charge is 2.11. The zero-order valence-corrected chi connectivity index (χ0v) is 16.4. The molecule has 0 fully saturated rings. The maximum Gasteiger partial charge on any atom is 0.251 e. The molecule has 0 unspecified atom stereocenters. The van der Waals surface area contributed by atoms with Crippen LogP contribution in [0.2, 0.25) is 0 Å². The highest BCUT2D eigenvalue weighted by Crippen LogP contribution is 2.28. The van der Waals surface area contributed by atoms with Gasteiger partial charge in [0.2, 0.25) is 0 Å². The van der Waals surface area contributed by atoms with Gasteiger partial charge in [-0.15, -0.1) is 0 Å². The minimum Gasteiger partial charge on any atom is -0.493 e. The van der Waals surface area contributed by atoms with E-state index in [1.54, 1.807) is 31.5 Å². The van der Waals surface area contributed by atoms with Gasteiger partial charge in [0, 0.05) is 23.7 Å². The molecular formula is C23H26N2O3. The molecule has 3 aromatic rings. The van der Waals surface area contributed by atoms with Crippen LogP contribution in [-0.2, 0) is 6.42 Å². The average Bonchev–Trinajstić information content (AvgIpc) is 2.74. The Hall–Kier alpha value is -3.08. The van der Waals surface area contributed by atoms with E-state index in [9.17, 15) is 4.79 Å². The second-order valence-corrected chi connectivity index (χ2v) is 6.57. The Kier molecular flexibility index (Phi) is 6.84. The van der Waals surface area contributed by atoms with Crippen LogP contribution in [-0.4, -0.2) is 31.2 Å². The van der Waals surface area contributed by atoms with E-state index in [-0.39, 0.29) is 5.91 Å². The molecule has 5 nitrogen and oxygen atoms in total. The predicted octanol–water partition coefficient (Wildman–Crippen LogP) is 4.39. The Labute approximate surface area is 165 Å². The standard InChI is InChI=1S/C23H26N2O3/c1-3-4-15-28-20-11-10-19(16-21(20)27-2)23(26)25-14-12-18-8-5-7-17-9-6-13-24-22(17)18/h5-11,13,16H,3-4,12,14-15H2,1-2H3,(H,25,26). The molecule has 2 aromatic carbocycles. The Morgan fingerprint density at radius 2 is 1.96 bits per heavy atom. The fourth-order valence-corrected chi connectivity index (χ4v) is 3.04. The monoisotopic (exact) mass is 378 g/mol. The summed E-state index contributed by atoms with van der Waals surface area (Å²) in [7, 11) is 1.58. The molecule has 0 aliphatic carbocycles. The van der Waals surface area contributed by atoms with Crippen LogP contribution in [0.5, 0.6) is 11.5 Å². The molecule has 0 aliphatic heterocycles. The first kappa shape index (κ1) is 19.7. The van der Waals surface area contributed by atoms with Crippen molar-refractivity contribution in [3.05, 3.63) is 65.9 Å². The van der Waals surface area contributed by atoms with E-state index >= 15 is 0 Å². The minimum absolute atomic E-state index is 0.133. The Balaban J connectivity index is 1.61. The molecule has 0 atom stereocenters. The molecule has 0 spiro atoms. The van der Waals surface area contributed by atoms with E-state index in [2.05, 4.69) is 17.2 Å². The third-order valence-corrected chi connectivity index (χ3v) is 4.58. The molecule has 1 amide bonds. The minimum atomic E-state index is -0.133. The van der Waals surface area contributed by atoms with Gasteiger partial charge in [0.25, 0.3) is 5.91 Å². The van der Waals surface area contributed by atoms with Gasteiger partial charge in [0.1, 0.15) is 0 Å². The summed E-state index contributed by atoms with van der Waals surface area (Å²) in [5.41, 5.74) is 2.65. The number of unbranched alkanes of at least 4 members (excludes halogenated alkanes) is 1. The zero-order valence-electron chi connectivity index (χ0n) is 16.4. The van der Waals surface area contributed by atoms with E-state index in [0.717, 1.165) is 35.7 Å². The third kappa shape index (κ3) is 4.80. The lowest BCUT2D eigenvalue weighted by atomic mass is 10.1. The van der Waals surface area contributed by atoms with Crippen molar-refractivity contribution in [2.45, 2.75) is 26.2 Å². The SMILES string of the molecule is CCCCOc1ccc(C(=O)NCCc2cccc3cccnc23)cc1OC. The molecule has 0 saturated heterocycles. The normalized spacial score (nSPS) is 10.6. The third-order valence-electron chi connectivity index (χ3n) is 4.58. The first-order valence-corrected chi connectivity index (χ1v) is 9.64. The zero-order chi connectivity index (χ0) is 19.8. The number of nitrogens with zero attached hydrogens (tertiary/aromatic N) is 1. The second kappa shape index (κ2) is 9.74. The number of carbonyl (C=O) groups excluding carboxylic acids is 1. The molecule has 0 aliphatic rings. The number of fused-ring (bicyclic) bond motifs is 1. The molecule has 3 rings (SSSR count). The summed E-state index contributed by atoms with van der Waals surface area (Å²) in [5.74, 6) is 1.10. The number of hydrogen-bond acceptors (Lipinski definition) is 4. The number of para-hydroxylation sites is 1. The van der Waals surface area contributed by atoms with Crippen molar-refractivity contribution in [3.63, 3.8) is 0 Å². The van der Waals surface area contributed by atoms with E-state index < -0.39 is 0 Å². The highest BCUT2D eigenvalue weighted by atomic mass is 16.5. The van der Waals surface area contributed by atoms with Crippen molar-refractivity contribution < 1.29 is 14.3 Å². The van der Waals surface area contributed by atoms with Gasteiger partial charge >= 0.3 is 0 Å². The molecule has 0 saturated carbocycles. The first-order valence-electron chi connectivity index (χ1n) is 9.64. The summed E-state index contributed by atoms with van der Waals surface area (Å²) < 4.78 is 11.1. The lowest BCUT2D eigenvalue weighted by molar-refractivity contribution is 0.0953. The maximum absolute atomic E-state index is 12.5. The number of nitrogens with one attached hydrogen (secondary N) is 1. The maximum atomic E-state index is 12.5. The van der Waals surface area contributed by atoms with E-state index in [0.29, 0.717) is 30.2 Å². The highest BCUT2D eigenvalue weighted by molar-refractivity contribution is 5.95. The molecule has 1 aromatic heterocycles. The van der Waals surface area contributed by atoms with Gasteiger partial charge in [-0.1, -0.05) is 37.6 Å². The fourth-order valence-electron chi connectivity index (χ4n) is 3.04. The molecule has 0 bridgehead atoms. The van der Waals surface area contributed by atoms with Crippen molar-refractivity contribution in [2.75, 3.05) is 20.3 Å². The van der Waals surface area contributed by atoms with E-state index in [4.69, 9.17) is 9.47 Å². The molecule has 5 heteroatoms. The number of aromatic nitrogens is 1. The second-order valence-electron chi connectivity index (χ2n) is 6.57. The Morgan fingerprint density at radius 1 is 1.11 bits per heavy atom. The predicted molar refractivity (Wildman–Crippen MR) is 111 cm³/mol. The Bertz CT molecular complexity index is 935. The summed E-state index contributed by atoms with van der Waals surface area (Å²) in [4.78, 5) is 17.0. The van der Waals surface area contributed by atoms with Crippen LogP contribution in [0.1, 0.15) is 35.7 Å². The number of methoxy groups -OCH3 is 1. The van der Waals surface area contributed by atoms with Gasteiger partial charge in [-0.3, -0.25) is 9.78 Å². The van der Waals surface area contributed by atoms with Crippen molar-refractivity contribution in [2.24, 2.45) is 0 Å². The van der Waals surface area contributed by atoms with E-state index in [1.165, 1.54) is 0 Å². The fraction of sp³-hybridized carbons (Fsp3) is 0.304. The van der Waals surface area contributed by atoms with Gasteiger partial charge < -0.3 is 14.8 Å². The van der Waals surface area contributed by atoms with Gasteiger partial charge in [0.05, 0.1) is 19.2 Å². The smallest absolute Gasteiger partial charge is 0.251 e. The van der Waals surface area contributed by atoms with Crippen LogP contribution in [0.15, 0.2) is 54.7 Å². The van der Waals surface area contributed by atoms with Gasteiger partial charge in [-0.25, -0.2) is 0 Å². The number of carbonyl (C=O) groups is 1. The van der Waals surface area contributed by atoms with Crippen molar-refractivity contribution in [3.8, 4) is 11.5 Å². The van der Waals surface area contributed by atoms with Crippen LogP contribution in [0.25, 0.3) is 10.9 Å². The van der Waals surface area contributed by atoms with Gasteiger partial charge in [0.15, 0.2) is 11.5 Å². The number of benzene rings is 2. The summed E-state index contributed by atoms with van der Waals surface area (Å²) >= 11 is 0. The number of hydrogen-bond donors (Lipinski definition) is 1. The van der Waals surface area contributed by atoms with Crippen molar-refractivity contribution >= 4 is 16.8 Å². The van der Waals surface area contributed by atoms with Crippen molar-refractivity contribution in [1.29, 1.82) is 0 Å². The number of pyridine rings is 1. The number of amides is 1. The molecule has 146 valence electrons. The van der Waals surface area contributed by atoms with Crippen LogP contribution in [0, 0.1) is 0 Å². The molecule has 1 N–H and O–H groups in total. The lowest BCUT2D eigenvalue weighted by Gasteiger charge is -2.12. The number of ether oxygens (including phenoxy) is 2. The Morgan fingerprint density at radius 3 is 2.79 bits per heavy atom. The van der Waals surface area contributed by atoms with Crippen LogP contribution < -0.4 is 14.8 Å². The molecular weight excluding hydrogens is 352 g/mol.